The molecule has 1 fully saturated rings. The van der Waals surface area contributed by atoms with E-state index >= 15 is 0 Å². The van der Waals surface area contributed by atoms with E-state index in [2.05, 4.69) is 40.1 Å². The Bertz CT molecular complexity index is 562. The number of anilines is 1. The number of urea groups is 1. The maximum atomic E-state index is 12.2. The van der Waals surface area contributed by atoms with Gasteiger partial charge in [0.2, 0.25) is 0 Å². The van der Waals surface area contributed by atoms with E-state index in [-0.39, 0.29) is 6.03 Å². The number of fused-ring (bicyclic) bond motifs is 1. The second-order valence-electron chi connectivity index (χ2n) is 7.36. The monoisotopic (exact) mass is 348 g/mol. The minimum atomic E-state index is -0.0902. The molecule has 2 aliphatic rings. The zero-order valence-electron chi connectivity index (χ0n) is 15.5. The third-order valence-corrected chi connectivity index (χ3v) is 5.56. The molecule has 0 radical (unpaired) electrons. The maximum Gasteiger partial charge on any atom is 0.329 e. The average Bonchev–Trinajstić information content (AvgIpc) is 3.17. The molecule has 0 aromatic carbocycles. The number of H-pyrrole nitrogens is 1. The number of hydrogen-bond donors (Lipinski definition) is 4. The fourth-order valence-corrected chi connectivity index (χ4v) is 3.79. The summed E-state index contributed by atoms with van der Waals surface area (Å²) in [7, 11) is 0. The number of rotatable bonds is 7. The zero-order chi connectivity index (χ0) is 17.6. The minimum Gasteiger partial charge on any atom is -0.370 e. The van der Waals surface area contributed by atoms with Crippen LogP contribution in [-0.4, -0.2) is 33.8 Å². The van der Waals surface area contributed by atoms with Gasteiger partial charge < -0.3 is 10.6 Å². The number of carbonyl (C=O) groups is 1. The van der Waals surface area contributed by atoms with Gasteiger partial charge in [0.05, 0.1) is 12.2 Å². The Morgan fingerprint density at radius 2 is 2.00 bits per heavy atom. The number of carbonyl (C=O) groups excluding carboxylic acids is 1. The van der Waals surface area contributed by atoms with Crippen LogP contribution in [0.1, 0.15) is 70.1 Å². The molecule has 1 aromatic heterocycles. The highest BCUT2D eigenvalue weighted by molar-refractivity contribution is 5.73. The molecule has 1 aromatic rings. The number of nitrogens with zero attached hydrogens (tertiary/aromatic N) is 2. The van der Waals surface area contributed by atoms with Gasteiger partial charge in [-0.15, -0.1) is 0 Å². The topological polar surface area (TPSA) is 85.1 Å². The molecule has 25 heavy (non-hydrogen) atoms. The fraction of sp³-hybridized carbons (Fsp3) is 0.778. The Hall–Kier alpha value is -1.76. The Labute approximate surface area is 150 Å². The van der Waals surface area contributed by atoms with Gasteiger partial charge in [-0.1, -0.05) is 46.0 Å². The van der Waals surface area contributed by atoms with E-state index in [4.69, 9.17) is 0 Å². The van der Waals surface area contributed by atoms with Crippen LogP contribution in [0.15, 0.2) is 0 Å². The van der Waals surface area contributed by atoms with Crippen molar-refractivity contribution in [3.05, 3.63) is 11.3 Å². The quantitative estimate of drug-likeness (QED) is 0.610. The van der Waals surface area contributed by atoms with Gasteiger partial charge in [-0.3, -0.25) is 10.5 Å². The van der Waals surface area contributed by atoms with Crippen LogP contribution in [0.3, 0.4) is 0 Å². The number of aromatic amines is 1. The molecule has 3 rings (SSSR count). The van der Waals surface area contributed by atoms with E-state index in [1.54, 1.807) is 0 Å². The lowest BCUT2D eigenvalue weighted by atomic mass is 9.96. The lowest BCUT2D eigenvalue weighted by molar-refractivity contribution is 0.171. The van der Waals surface area contributed by atoms with Crippen molar-refractivity contribution >= 4 is 11.8 Å². The second kappa shape index (κ2) is 8.56. The van der Waals surface area contributed by atoms with E-state index in [1.807, 2.05) is 5.01 Å². The van der Waals surface area contributed by atoms with Gasteiger partial charge in [0.25, 0.3) is 0 Å². The van der Waals surface area contributed by atoms with Gasteiger partial charge in [0.15, 0.2) is 0 Å². The van der Waals surface area contributed by atoms with Crippen LogP contribution >= 0.6 is 0 Å². The van der Waals surface area contributed by atoms with E-state index in [0.29, 0.717) is 25.0 Å². The van der Waals surface area contributed by atoms with Crippen LogP contribution in [0.4, 0.5) is 10.6 Å². The molecular formula is C18H32N6O. The van der Waals surface area contributed by atoms with Gasteiger partial charge in [0.1, 0.15) is 5.82 Å². The van der Waals surface area contributed by atoms with Crippen molar-refractivity contribution < 1.29 is 4.79 Å². The summed E-state index contributed by atoms with van der Waals surface area (Å²) in [5.74, 6) is 1.68. The smallest absolute Gasteiger partial charge is 0.329 e. The van der Waals surface area contributed by atoms with E-state index in [9.17, 15) is 4.79 Å². The average molecular weight is 348 g/mol. The van der Waals surface area contributed by atoms with Crippen molar-refractivity contribution in [3.63, 3.8) is 0 Å². The van der Waals surface area contributed by atoms with Gasteiger partial charge in [-0.05, 0) is 18.8 Å². The predicted octanol–water partition coefficient (Wildman–Crippen LogP) is 3.12. The SMILES string of the molecule is CCC(CC)CNc1[nH]nc2c1CN(NC(=O)NC1CCCCC1)C2. The first kappa shape index (κ1) is 18.0. The van der Waals surface area contributed by atoms with Crippen molar-refractivity contribution in [2.45, 2.75) is 77.9 Å². The molecule has 1 saturated carbocycles. The number of nitrogens with one attached hydrogen (secondary N) is 4. The highest BCUT2D eigenvalue weighted by atomic mass is 16.2. The molecule has 2 amide bonds. The van der Waals surface area contributed by atoms with Crippen molar-refractivity contribution in [2.75, 3.05) is 11.9 Å². The highest BCUT2D eigenvalue weighted by Gasteiger charge is 2.27. The Morgan fingerprint density at radius 1 is 1.24 bits per heavy atom. The summed E-state index contributed by atoms with van der Waals surface area (Å²) in [4.78, 5) is 12.2. The van der Waals surface area contributed by atoms with Crippen LogP contribution in [0, 0.1) is 5.92 Å². The zero-order valence-corrected chi connectivity index (χ0v) is 15.5. The highest BCUT2D eigenvalue weighted by Crippen LogP contribution is 2.26. The molecule has 7 nitrogen and oxygen atoms in total. The summed E-state index contributed by atoms with van der Waals surface area (Å²) in [6, 6.07) is 0.235. The number of aromatic nitrogens is 2. The van der Waals surface area contributed by atoms with Crippen molar-refractivity contribution in [2.24, 2.45) is 5.92 Å². The van der Waals surface area contributed by atoms with Gasteiger partial charge >= 0.3 is 6.03 Å². The number of amides is 2. The van der Waals surface area contributed by atoms with E-state index < -0.39 is 0 Å². The van der Waals surface area contributed by atoms with Crippen LogP contribution in [0.2, 0.25) is 0 Å². The lowest BCUT2D eigenvalue weighted by Crippen LogP contribution is -2.48. The molecule has 0 bridgehead atoms. The van der Waals surface area contributed by atoms with Crippen molar-refractivity contribution in [3.8, 4) is 0 Å². The summed E-state index contributed by atoms with van der Waals surface area (Å²) in [5, 5.41) is 16.0. The third kappa shape index (κ3) is 4.66. The predicted molar refractivity (Wildman–Crippen MR) is 98.9 cm³/mol. The standard InChI is InChI=1S/C18H32N6O/c1-3-13(4-2)10-19-17-15-11-24(12-16(15)21-22-17)23-18(25)20-14-8-6-5-7-9-14/h13-14H,3-12H2,1-2H3,(H2,19,21,22)(H2,20,23,25). The second-order valence-corrected chi connectivity index (χ2v) is 7.36. The number of hydrazine groups is 1. The van der Waals surface area contributed by atoms with Crippen molar-refractivity contribution in [1.29, 1.82) is 0 Å². The summed E-state index contributed by atoms with van der Waals surface area (Å²) in [6.45, 7) is 6.75. The molecule has 0 saturated heterocycles. The van der Waals surface area contributed by atoms with Gasteiger partial charge in [0, 0.05) is 24.7 Å². The van der Waals surface area contributed by atoms with Crippen LogP contribution < -0.4 is 16.1 Å². The Balaban J connectivity index is 1.47. The minimum absolute atomic E-state index is 0.0902. The summed E-state index contributed by atoms with van der Waals surface area (Å²) < 4.78 is 0. The molecule has 4 N–H and O–H groups in total. The first-order valence-corrected chi connectivity index (χ1v) is 9.81. The molecule has 0 spiro atoms. The summed E-state index contributed by atoms with van der Waals surface area (Å²) >= 11 is 0. The largest absolute Gasteiger partial charge is 0.370 e. The van der Waals surface area contributed by atoms with Crippen LogP contribution in [-0.2, 0) is 13.1 Å². The van der Waals surface area contributed by atoms with Gasteiger partial charge in [-0.2, -0.15) is 5.10 Å². The van der Waals surface area contributed by atoms with Crippen molar-refractivity contribution in [1.82, 2.24) is 25.9 Å². The molecule has 1 aliphatic carbocycles. The van der Waals surface area contributed by atoms with Gasteiger partial charge in [-0.25, -0.2) is 9.80 Å². The van der Waals surface area contributed by atoms with E-state index in [0.717, 1.165) is 30.9 Å². The third-order valence-electron chi connectivity index (χ3n) is 5.56. The van der Waals surface area contributed by atoms with Crippen LogP contribution in [0.5, 0.6) is 0 Å². The molecule has 0 unspecified atom stereocenters. The molecule has 0 atom stereocenters. The Kier molecular flexibility index (Phi) is 6.18. The maximum absolute atomic E-state index is 12.2. The molecule has 1 aliphatic heterocycles. The molecule has 7 heteroatoms. The number of hydrogen-bond acceptors (Lipinski definition) is 4. The van der Waals surface area contributed by atoms with Crippen LogP contribution in [0.25, 0.3) is 0 Å². The normalized spacial score (nSPS) is 18.4. The Morgan fingerprint density at radius 3 is 2.72 bits per heavy atom. The first-order chi connectivity index (χ1) is 12.2. The molecule has 2 heterocycles. The summed E-state index contributed by atoms with van der Waals surface area (Å²) in [5.41, 5.74) is 5.16. The molecule has 140 valence electrons. The first-order valence-electron chi connectivity index (χ1n) is 9.81. The van der Waals surface area contributed by atoms with E-state index in [1.165, 1.54) is 37.7 Å². The summed E-state index contributed by atoms with van der Waals surface area (Å²) in [6.07, 6.45) is 8.27. The lowest BCUT2D eigenvalue weighted by Gasteiger charge is -2.25. The fourth-order valence-electron chi connectivity index (χ4n) is 3.79. The molecular weight excluding hydrogens is 316 g/mol.